The van der Waals surface area contributed by atoms with Gasteiger partial charge in [-0.25, -0.2) is 4.98 Å². The van der Waals surface area contributed by atoms with Crippen LogP contribution < -0.4 is 14.8 Å². The van der Waals surface area contributed by atoms with Gasteiger partial charge in [0.25, 0.3) is 5.88 Å². The summed E-state index contributed by atoms with van der Waals surface area (Å²) < 4.78 is 11.0. The molecule has 0 saturated heterocycles. The lowest BCUT2D eigenvalue weighted by molar-refractivity contribution is 0.273. The van der Waals surface area contributed by atoms with Crippen molar-refractivity contribution >= 4 is 5.82 Å². The van der Waals surface area contributed by atoms with Crippen LogP contribution in [0.2, 0.25) is 0 Å². The molecule has 1 aromatic heterocycles. The van der Waals surface area contributed by atoms with Gasteiger partial charge in [-0.2, -0.15) is 4.98 Å². The summed E-state index contributed by atoms with van der Waals surface area (Å²) in [5, 5.41) is 3.14. The molecule has 1 rings (SSSR count). The quantitative estimate of drug-likeness (QED) is 0.627. The summed E-state index contributed by atoms with van der Waals surface area (Å²) in [6.07, 6.45) is 8.95. The van der Waals surface area contributed by atoms with E-state index in [0.717, 1.165) is 13.0 Å². The van der Waals surface area contributed by atoms with Gasteiger partial charge in [-0.1, -0.05) is 39.0 Å². The Balaban J connectivity index is 2.37. The maximum Gasteiger partial charge on any atom is 0.262 e. The van der Waals surface area contributed by atoms with Gasteiger partial charge < -0.3 is 14.8 Å². The largest absolute Gasteiger partial charge is 0.489 e. The normalized spacial score (nSPS) is 10.3. The Hall–Kier alpha value is -1.52. The van der Waals surface area contributed by atoms with Gasteiger partial charge in [0.2, 0.25) is 5.75 Å². The molecule has 0 unspecified atom stereocenters. The van der Waals surface area contributed by atoms with E-state index in [9.17, 15) is 0 Å². The molecular weight excluding hydrogens is 254 g/mol. The van der Waals surface area contributed by atoms with Crippen LogP contribution >= 0.6 is 0 Å². The van der Waals surface area contributed by atoms with Crippen molar-refractivity contribution in [2.75, 3.05) is 25.6 Å². The summed E-state index contributed by atoms with van der Waals surface area (Å²) in [5.74, 6) is 1.79. The number of hydrogen-bond acceptors (Lipinski definition) is 5. The summed E-state index contributed by atoms with van der Waals surface area (Å²) in [5.41, 5.74) is 0. The van der Waals surface area contributed by atoms with Gasteiger partial charge in [0.1, 0.15) is 6.33 Å². The SMILES string of the molecule is CCCCCCCCOc1ncnc(NCC)c1OC. The Kier molecular flexibility index (Phi) is 8.51. The fourth-order valence-electron chi connectivity index (χ4n) is 1.99. The molecule has 5 nitrogen and oxygen atoms in total. The third kappa shape index (κ3) is 5.63. The van der Waals surface area contributed by atoms with E-state index in [1.165, 1.54) is 38.4 Å². The zero-order valence-corrected chi connectivity index (χ0v) is 12.9. The van der Waals surface area contributed by atoms with Crippen LogP contribution in [0, 0.1) is 0 Å². The van der Waals surface area contributed by atoms with Crippen molar-refractivity contribution in [3.63, 3.8) is 0 Å². The smallest absolute Gasteiger partial charge is 0.262 e. The van der Waals surface area contributed by atoms with Crippen LogP contribution in [0.25, 0.3) is 0 Å². The van der Waals surface area contributed by atoms with Crippen molar-refractivity contribution in [2.24, 2.45) is 0 Å². The molecular formula is C15H27N3O2. The van der Waals surface area contributed by atoms with Gasteiger partial charge in [-0.05, 0) is 13.3 Å². The summed E-state index contributed by atoms with van der Waals surface area (Å²) in [4.78, 5) is 8.29. The topological polar surface area (TPSA) is 56.3 Å². The predicted octanol–water partition coefficient (Wildman–Crippen LogP) is 3.66. The third-order valence-electron chi connectivity index (χ3n) is 3.06. The first-order valence-electron chi connectivity index (χ1n) is 7.59. The van der Waals surface area contributed by atoms with Crippen LogP contribution in [0.5, 0.6) is 11.6 Å². The number of anilines is 1. The zero-order valence-electron chi connectivity index (χ0n) is 12.9. The van der Waals surface area contributed by atoms with E-state index in [0.29, 0.717) is 24.1 Å². The van der Waals surface area contributed by atoms with E-state index >= 15 is 0 Å². The monoisotopic (exact) mass is 281 g/mol. The van der Waals surface area contributed by atoms with Crippen molar-refractivity contribution in [2.45, 2.75) is 52.4 Å². The highest BCUT2D eigenvalue weighted by atomic mass is 16.5. The average molecular weight is 281 g/mol. The molecule has 0 aliphatic rings. The zero-order chi connectivity index (χ0) is 14.6. The molecule has 0 aliphatic carbocycles. The molecule has 0 spiro atoms. The maximum absolute atomic E-state index is 5.71. The van der Waals surface area contributed by atoms with E-state index < -0.39 is 0 Å². The van der Waals surface area contributed by atoms with Crippen molar-refractivity contribution in [3.8, 4) is 11.6 Å². The number of aromatic nitrogens is 2. The minimum absolute atomic E-state index is 0.520. The van der Waals surface area contributed by atoms with E-state index in [2.05, 4.69) is 22.2 Å². The second kappa shape index (κ2) is 10.3. The molecule has 0 aliphatic heterocycles. The second-order valence-electron chi connectivity index (χ2n) is 4.71. The molecule has 0 saturated carbocycles. The van der Waals surface area contributed by atoms with Gasteiger partial charge in [0.05, 0.1) is 13.7 Å². The van der Waals surface area contributed by atoms with E-state index in [-0.39, 0.29) is 0 Å². The van der Waals surface area contributed by atoms with Crippen molar-refractivity contribution < 1.29 is 9.47 Å². The van der Waals surface area contributed by atoms with Crippen molar-refractivity contribution in [1.29, 1.82) is 0 Å². The van der Waals surface area contributed by atoms with Crippen molar-refractivity contribution in [3.05, 3.63) is 6.33 Å². The lowest BCUT2D eigenvalue weighted by Gasteiger charge is -2.12. The number of ether oxygens (including phenoxy) is 2. The lowest BCUT2D eigenvalue weighted by Crippen LogP contribution is -2.06. The fourth-order valence-corrected chi connectivity index (χ4v) is 1.99. The van der Waals surface area contributed by atoms with Crippen molar-refractivity contribution in [1.82, 2.24) is 9.97 Å². The van der Waals surface area contributed by atoms with Gasteiger partial charge >= 0.3 is 0 Å². The second-order valence-corrected chi connectivity index (χ2v) is 4.71. The van der Waals surface area contributed by atoms with Crippen LogP contribution in [0.1, 0.15) is 52.4 Å². The van der Waals surface area contributed by atoms with E-state index in [1.807, 2.05) is 6.92 Å². The third-order valence-corrected chi connectivity index (χ3v) is 3.06. The van der Waals surface area contributed by atoms with Crippen LogP contribution in [-0.2, 0) is 0 Å². The maximum atomic E-state index is 5.71. The van der Waals surface area contributed by atoms with Crippen LogP contribution in [0.15, 0.2) is 6.33 Å². The predicted molar refractivity (Wildman–Crippen MR) is 81.6 cm³/mol. The first kappa shape index (κ1) is 16.5. The molecule has 0 amide bonds. The van der Waals surface area contributed by atoms with Crippen LogP contribution in [0.4, 0.5) is 5.82 Å². The molecule has 20 heavy (non-hydrogen) atoms. The van der Waals surface area contributed by atoms with Gasteiger partial charge in [-0.15, -0.1) is 0 Å². The molecule has 0 aromatic carbocycles. The summed E-state index contributed by atoms with van der Waals surface area (Å²) >= 11 is 0. The Morgan fingerprint density at radius 3 is 2.50 bits per heavy atom. The van der Waals surface area contributed by atoms with Gasteiger partial charge in [0, 0.05) is 6.54 Å². The molecule has 5 heteroatoms. The minimum atomic E-state index is 0.520. The molecule has 1 aromatic rings. The van der Waals surface area contributed by atoms with Crippen LogP contribution in [-0.4, -0.2) is 30.2 Å². The van der Waals surface area contributed by atoms with E-state index in [1.54, 1.807) is 7.11 Å². The highest BCUT2D eigenvalue weighted by Gasteiger charge is 2.12. The van der Waals surface area contributed by atoms with Gasteiger partial charge in [-0.3, -0.25) is 0 Å². The standard InChI is InChI=1S/C15H27N3O2/c1-4-6-7-8-9-10-11-20-15-13(19-3)14(16-5-2)17-12-18-15/h12H,4-11H2,1-3H3,(H,16,17,18). The Labute approximate surface area is 122 Å². The Bertz CT molecular complexity index is 372. The number of methoxy groups -OCH3 is 1. The molecule has 1 heterocycles. The fraction of sp³-hybridized carbons (Fsp3) is 0.733. The lowest BCUT2D eigenvalue weighted by atomic mass is 10.1. The number of nitrogens with one attached hydrogen (secondary N) is 1. The number of nitrogens with zero attached hydrogens (tertiary/aromatic N) is 2. The molecule has 0 bridgehead atoms. The molecule has 0 atom stereocenters. The van der Waals surface area contributed by atoms with Crippen LogP contribution in [0.3, 0.4) is 0 Å². The first-order valence-corrected chi connectivity index (χ1v) is 7.59. The Morgan fingerprint density at radius 2 is 1.80 bits per heavy atom. The molecule has 0 radical (unpaired) electrons. The van der Waals surface area contributed by atoms with Gasteiger partial charge in [0.15, 0.2) is 5.82 Å². The molecule has 114 valence electrons. The molecule has 0 fully saturated rings. The molecule has 1 N–H and O–H groups in total. The highest BCUT2D eigenvalue weighted by Crippen LogP contribution is 2.30. The summed E-state index contributed by atoms with van der Waals surface area (Å²) in [6, 6.07) is 0. The van der Waals surface area contributed by atoms with E-state index in [4.69, 9.17) is 9.47 Å². The summed E-state index contributed by atoms with van der Waals surface area (Å²) in [7, 11) is 1.61. The highest BCUT2D eigenvalue weighted by molar-refractivity contribution is 5.54. The first-order chi connectivity index (χ1) is 9.83. The number of unbranched alkanes of at least 4 members (excludes halogenated alkanes) is 5. The Morgan fingerprint density at radius 1 is 1.05 bits per heavy atom. The number of hydrogen-bond donors (Lipinski definition) is 1. The number of rotatable bonds is 11. The minimum Gasteiger partial charge on any atom is -0.489 e. The summed E-state index contributed by atoms with van der Waals surface area (Å²) in [6.45, 7) is 5.69. The average Bonchev–Trinajstić information content (AvgIpc) is 2.47.